The first-order valence-corrected chi connectivity index (χ1v) is 9.82. The van der Waals surface area contributed by atoms with Crippen molar-refractivity contribution in [2.24, 2.45) is 0 Å². The molecular formula is C20H23ClN2O2S. The quantitative estimate of drug-likeness (QED) is 0.643. The molecule has 0 saturated carbocycles. The molecule has 0 aliphatic carbocycles. The van der Waals surface area contributed by atoms with E-state index in [1.165, 1.54) is 6.20 Å². The summed E-state index contributed by atoms with van der Waals surface area (Å²) in [7, 11) is -1.49. The van der Waals surface area contributed by atoms with Gasteiger partial charge in [0.1, 0.15) is 0 Å². The van der Waals surface area contributed by atoms with Crippen LogP contribution in [0.25, 0.3) is 10.9 Å². The van der Waals surface area contributed by atoms with E-state index in [0.29, 0.717) is 0 Å². The summed E-state index contributed by atoms with van der Waals surface area (Å²) in [6.45, 7) is 5.17. The van der Waals surface area contributed by atoms with Crippen molar-refractivity contribution in [3.63, 3.8) is 0 Å². The second-order valence-electron chi connectivity index (χ2n) is 6.16. The maximum Gasteiger partial charge on any atom is 0.208 e. The summed E-state index contributed by atoms with van der Waals surface area (Å²) in [4.78, 5) is 7.24. The maximum absolute atomic E-state index is 12.8. The number of pyridine rings is 1. The Morgan fingerprint density at radius 1 is 1.04 bits per heavy atom. The molecule has 26 heavy (non-hydrogen) atoms. The van der Waals surface area contributed by atoms with Crippen molar-refractivity contribution < 1.29 is 8.42 Å². The lowest BCUT2D eigenvalue weighted by atomic mass is 10.0. The second-order valence-corrected chi connectivity index (χ2v) is 8.11. The first-order chi connectivity index (χ1) is 11.9. The van der Waals surface area contributed by atoms with Gasteiger partial charge in [-0.05, 0) is 44.3 Å². The van der Waals surface area contributed by atoms with Crippen molar-refractivity contribution in [3.8, 4) is 0 Å². The number of nitrogens with zero attached hydrogens (tertiary/aromatic N) is 2. The number of rotatable bonds is 5. The van der Waals surface area contributed by atoms with Gasteiger partial charge in [0.2, 0.25) is 9.84 Å². The van der Waals surface area contributed by atoms with E-state index in [1.807, 2.05) is 12.1 Å². The van der Waals surface area contributed by atoms with E-state index in [2.05, 4.69) is 36.8 Å². The number of sulfone groups is 1. The second kappa shape index (κ2) is 8.16. The molecule has 1 atom stereocenters. The number of hydrogen-bond acceptors (Lipinski definition) is 4. The average Bonchev–Trinajstić information content (AvgIpc) is 2.66. The summed E-state index contributed by atoms with van der Waals surface area (Å²) < 4.78 is 25.6. The molecular weight excluding hydrogens is 368 g/mol. The number of halogens is 1. The van der Waals surface area contributed by atoms with Crippen LogP contribution in [0.4, 0.5) is 0 Å². The zero-order valence-electron chi connectivity index (χ0n) is 15.1. The lowest BCUT2D eigenvalue weighted by Crippen LogP contribution is -2.22. The molecule has 3 rings (SSSR count). The van der Waals surface area contributed by atoms with Crippen molar-refractivity contribution in [2.45, 2.75) is 29.7 Å². The highest BCUT2D eigenvalue weighted by Crippen LogP contribution is 2.28. The van der Waals surface area contributed by atoms with Crippen LogP contribution in [0.5, 0.6) is 0 Å². The Morgan fingerprint density at radius 2 is 1.73 bits per heavy atom. The van der Waals surface area contributed by atoms with Crippen LogP contribution in [-0.4, -0.2) is 31.9 Å². The minimum atomic E-state index is -3.56. The van der Waals surface area contributed by atoms with E-state index >= 15 is 0 Å². The van der Waals surface area contributed by atoms with Gasteiger partial charge in [-0.3, -0.25) is 9.88 Å². The van der Waals surface area contributed by atoms with Gasteiger partial charge >= 0.3 is 0 Å². The zero-order chi connectivity index (χ0) is 18.0. The predicted octanol–water partition coefficient (Wildman–Crippen LogP) is 4.50. The lowest BCUT2D eigenvalue weighted by molar-refractivity contribution is 0.277. The first-order valence-electron chi connectivity index (χ1n) is 8.34. The Balaban J connectivity index is 0.00000243. The fraction of sp³-hybridized carbons (Fsp3) is 0.250. The molecule has 1 heterocycles. The van der Waals surface area contributed by atoms with E-state index in [9.17, 15) is 8.42 Å². The zero-order valence-corrected chi connectivity index (χ0v) is 16.7. The van der Waals surface area contributed by atoms with Gasteiger partial charge in [-0.1, -0.05) is 43.3 Å². The van der Waals surface area contributed by atoms with Crippen LogP contribution >= 0.6 is 12.4 Å². The molecule has 0 N–H and O–H groups in total. The Hall–Kier alpha value is -1.95. The fourth-order valence-corrected chi connectivity index (χ4v) is 4.16. The van der Waals surface area contributed by atoms with Crippen molar-refractivity contribution in [3.05, 3.63) is 66.4 Å². The molecule has 4 nitrogen and oxygen atoms in total. The fourth-order valence-electron chi connectivity index (χ4n) is 2.90. The minimum Gasteiger partial charge on any atom is -0.300 e. The Bertz CT molecular complexity index is 991. The molecule has 3 aromatic rings. The van der Waals surface area contributed by atoms with Crippen LogP contribution < -0.4 is 0 Å². The highest BCUT2D eigenvalue weighted by atomic mass is 35.5. The molecule has 0 saturated heterocycles. The van der Waals surface area contributed by atoms with Gasteiger partial charge in [0.25, 0.3) is 0 Å². The Labute approximate surface area is 161 Å². The highest BCUT2D eigenvalue weighted by Gasteiger charge is 2.20. The summed E-state index contributed by atoms with van der Waals surface area (Å²) in [6.07, 6.45) is 1.47. The minimum absolute atomic E-state index is 0. The number of aromatic nitrogens is 1. The monoisotopic (exact) mass is 390 g/mol. The molecule has 2 aromatic carbocycles. The van der Waals surface area contributed by atoms with E-state index in [4.69, 9.17) is 0 Å². The van der Waals surface area contributed by atoms with Crippen molar-refractivity contribution in [2.75, 3.05) is 13.6 Å². The normalized spacial score (nSPS) is 12.8. The molecule has 6 heteroatoms. The van der Waals surface area contributed by atoms with Crippen LogP contribution in [0, 0.1) is 0 Å². The molecule has 0 aliphatic heterocycles. The van der Waals surface area contributed by atoms with Crippen LogP contribution in [0.15, 0.2) is 70.6 Å². The van der Waals surface area contributed by atoms with Crippen LogP contribution in [-0.2, 0) is 9.84 Å². The smallest absolute Gasteiger partial charge is 0.208 e. The highest BCUT2D eigenvalue weighted by molar-refractivity contribution is 7.91. The topological polar surface area (TPSA) is 50.3 Å². The van der Waals surface area contributed by atoms with Crippen molar-refractivity contribution >= 4 is 33.1 Å². The summed E-state index contributed by atoms with van der Waals surface area (Å²) >= 11 is 0. The maximum atomic E-state index is 12.8. The third-order valence-electron chi connectivity index (χ3n) is 4.69. The van der Waals surface area contributed by atoms with Crippen LogP contribution in [0.2, 0.25) is 0 Å². The van der Waals surface area contributed by atoms with Gasteiger partial charge in [0.05, 0.1) is 15.3 Å². The standard InChI is InChI=1S/C20H22N2O2S.ClH/c1-4-22(3)15(2)19-12-8-9-16-13-18(14-21-20(16)19)25(23,24)17-10-6-5-7-11-17;/h5-15H,4H2,1-3H3;1H. The van der Waals surface area contributed by atoms with Crippen molar-refractivity contribution in [1.29, 1.82) is 0 Å². The molecule has 0 fully saturated rings. The summed E-state index contributed by atoms with van der Waals surface area (Å²) in [6, 6.07) is 16.3. The summed E-state index contributed by atoms with van der Waals surface area (Å²) in [5.74, 6) is 0. The molecule has 1 unspecified atom stereocenters. The predicted molar refractivity (Wildman–Crippen MR) is 108 cm³/mol. The largest absolute Gasteiger partial charge is 0.300 e. The van der Waals surface area contributed by atoms with E-state index < -0.39 is 9.84 Å². The van der Waals surface area contributed by atoms with Gasteiger partial charge in [-0.15, -0.1) is 12.4 Å². The van der Waals surface area contributed by atoms with E-state index in [1.54, 1.807) is 36.4 Å². The number of para-hydroxylation sites is 1. The summed E-state index contributed by atoms with van der Waals surface area (Å²) in [5.41, 5.74) is 1.95. The van der Waals surface area contributed by atoms with E-state index in [0.717, 1.165) is 23.0 Å². The Morgan fingerprint density at radius 3 is 2.38 bits per heavy atom. The van der Waals surface area contributed by atoms with Crippen LogP contribution in [0.1, 0.15) is 25.5 Å². The first kappa shape index (κ1) is 20.4. The number of hydrogen-bond donors (Lipinski definition) is 0. The average molecular weight is 391 g/mol. The van der Waals surface area contributed by atoms with E-state index in [-0.39, 0.29) is 28.2 Å². The van der Waals surface area contributed by atoms with Crippen LogP contribution in [0.3, 0.4) is 0 Å². The molecule has 0 amide bonds. The molecule has 0 radical (unpaired) electrons. The molecule has 1 aromatic heterocycles. The number of benzene rings is 2. The van der Waals surface area contributed by atoms with Gasteiger partial charge in [-0.25, -0.2) is 8.42 Å². The van der Waals surface area contributed by atoms with Gasteiger partial charge in [0, 0.05) is 17.6 Å². The number of fused-ring (bicyclic) bond motifs is 1. The van der Waals surface area contributed by atoms with Crippen molar-refractivity contribution in [1.82, 2.24) is 9.88 Å². The molecule has 0 spiro atoms. The van der Waals surface area contributed by atoms with Gasteiger partial charge in [-0.2, -0.15) is 0 Å². The van der Waals surface area contributed by atoms with Gasteiger partial charge in [0.15, 0.2) is 0 Å². The summed E-state index contributed by atoms with van der Waals surface area (Å²) in [5, 5.41) is 0.839. The molecule has 0 bridgehead atoms. The molecule has 0 aliphatic rings. The Kier molecular flexibility index (Phi) is 6.39. The third kappa shape index (κ3) is 3.75. The van der Waals surface area contributed by atoms with Gasteiger partial charge < -0.3 is 0 Å². The SMILES string of the molecule is CCN(C)C(C)c1cccc2cc(S(=O)(=O)c3ccccc3)cnc12.Cl. The third-order valence-corrected chi connectivity index (χ3v) is 6.43. The lowest BCUT2D eigenvalue weighted by Gasteiger charge is -2.24. The molecule has 138 valence electrons.